The van der Waals surface area contributed by atoms with Crippen molar-refractivity contribution in [2.75, 3.05) is 0 Å². The fraction of sp³-hybridized carbons (Fsp3) is 0.182. The second-order valence-electron chi connectivity index (χ2n) is 3.21. The molecule has 1 aromatic heterocycles. The van der Waals surface area contributed by atoms with E-state index in [2.05, 4.69) is 4.98 Å². The summed E-state index contributed by atoms with van der Waals surface area (Å²) in [7, 11) is 0. The van der Waals surface area contributed by atoms with E-state index in [9.17, 15) is 9.59 Å². The summed E-state index contributed by atoms with van der Waals surface area (Å²) >= 11 is 0. The number of aryl methyl sites for hydroxylation is 1. The Hall–Kier alpha value is -1.97. The van der Waals surface area contributed by atoms with Gasteiger partial charge in [0.15, 0.2) is 17.3 Å². The maximum Gasteiger partial charge on any atom is 0.192 e. The summed E-state index contributed by atoms with van der Waals surface area (Å²) in [5, 5.41) is 0. The summed E-state index contributed by atoms with van der Waals surface area (Å²) in [6, 6.07) is 4.97. The van der Waals surface area contributed by atoms with Crippen LogP contribution >= 0.6 is 0 Å². The highest BCUT2D eigenvalue weighted by Gasteiger charge is 2.08. The second kappa shape index (κ2) is 3.65. The fourth-order valence-electron chi connectivity index (χ4n) is 1.41. The van der Waals surface area contributed by atoms with E-state index >= 15 is 0 Å². The van der Waals surface area contributed by atoms with Crippen LogP contribution in [0.3, 0.4) is 0 Å². The van der Waals surface area contributed by atoms with Crippen LogP contribution in [0.25, 0.3) is 11.1 Å². The van der Waals surface area contributed by atoms with Gasteiger partial charge in [0.2, 0.25) is 0 Å². The molecule has 0 aliphatic rings. The minimum atomic E-state index is -0.207. The molecule has 0 spiro atoms. The molecule has 0 amide bonds. The number of oxazole rings is 1. The number of aromatic nitrogens is 1. The van der Waals surface area contributed by atoms with Crippen LogP contribution < -0.4 is 0 Å². The number of hydrogen-bond donors (Lipinski definition) is 0. The van der Waals surface area contributed by atoms with Gasteiger partial charge in [0.25, 0.3) is 0 Å². The molecule has 4 heteroatoms. The topological polar surface area (TPSA) is 60.2 Å². The Morgan fingerprint density at radius 2 is 2.33 bits per heavy atom. The van der Waals surface area contributed by atoms with E-state index in [0.29, 0.717) is 23.3 Å². The molecule has 0 aliphatic heterocycles. The highest BCUT2D eigenvalue weighted by atomic mass is 16.3. The van der Waals surface area contributed by atoms with Gasteiger partial charge in [-0.3, -0.25) is 4.79 Å². The number of Topliss-reactive ketones (excluding diaryl/α,β-unsaturated/α-hetero) is 1. The molecule has 0 N–H and O–H groups in total. The van der Waals surface area contributed by atoms with Crippen molar-refractivity contribution in [1.82, 2.24) is 4.98 Å². The lowest BCUT2D eigenvalue weighted by molar-refractivity contribution is -0.107. The first-order valence-corrected chi connectivity index (χ1v) is 4.55. The summed E-state index contributed by atoms with van der Waals surface area (Å²) in [5.41, 5.74) is 1.77. The summed E-state index contributed by atoms with van der Waals surface area (Å²) in [6.07, 6.45) is 0.497. The number of aldehydes is 1. The zero-order valence-corrected chi connectivity index (χ0v) is 8.19. The van der Waals surface area contributed by atoms with Crippen LogP contribution in [-0.4, -0.2) is 17.1 Å². The van der Waals surface area contributed by atoms with Gasteiger partial charge in [-0.2, -0.15) is 0 Å². The SMILES string of the molecule is Cc1nc2ccc(C(=O)CC=O)cc2o1. The minimum Gasteiger partial charge on any atom is -0.441 e. The van der Waals surface area contributed by atoms with Gasteiger partial charge in [0.1, 0.15) is 11.8 Å². The Kier molecular flexibility index (Phi) is 2.33. The monoisotopic (exact) mass is 203 g/mol. The standard InChI is InChI=1S/C11H9NO3/c1-7-12-9-3-2-8(6-11(9)15-7)10(14)4-5-13/h2-3,5-6H,4H2,1H3. The third-order valence-electron chi connectivity index (χ3n) is 2.09. The van der Waals surface area contributed by atoms with Crippen molar-refractivity contribution >= 4 is 23.2 Å². The van der Waals surface area contributed by atoms with Crippen LogP contribution in [0.1, 0.15) is 22.7 Å². The first kappa shape index (κ1) is 9.58. The van der Waals surface area contributed by atoms with E-state index in [-0.39, 0.29) is 12.2 Å². The molecule has 0 saturated heterocycles. The normalized spacial score (nSPS) is 10.5. The zero-order chi connectivity index (χ0) is 10.8. The summed E-state index contributed by atoms with van der Waals surface area (Å²) < 4.78 is 5.29. The number of carbonyl (C=O) groups excluding carboxylic acids is 2. The predicted molar refractivity (Wildman–Crippen MR) is 53.8 cm³/mol. The second-order valence-corrected chi connectivity index (χ2v) is 3.21. The molecular formula is C11H9NO3. The Morgan fingerprint density at radius 1 is 1.53 bits per heavy atom. The van der Waals surface area contributed by atoms with E-state index in [1.54, 1.807) is 25.1 Å². The van der Waals surface area contributed by atoms with Gasteiger partial charge < -0.3 is 9.21 Å². The average molecular weight is 203 g/mol. The number of benzene rings is 1. The van der Waals surface area contributed by atoms with E-state index in [4.69, 9.17) is 4.42 Å². The predicted octanol–water partition coefficient (Wildman–Crippen LogP) is 1.91. The van der Waals surface area contributed by atoms with Crippen LogP contribution in [0.15, 0.2) is 22.6 Å². The third-order valence-corrected chi connectivity index (χ3v) is 2.09. The van der Waals surface area contributed by atoms with Crippen molar-refractivity contribution < 1.29 is 14.0 Å². The van der Waals surface area contributed by atoms with E-state index in [1.807, 2.05) is 0 Å². The van der Waals surface area contributed by atoms with Crippen LogP contribution in [0, 0.1) is 6.92 Å². The molecule has 1 aromatic carbocycles. The smallest absolute Gasteiger partial charge is 0.192 e. The largest absolute Gasteiger partial charge is 0.441 e. The highest BCUT2D eigenvalue weighted by molar-refractivity contribution is 6.04. The Balaban J connectivity index is 2.46. The number of ketones is 1. The molecule has 2 aromatic rings. The van der Waals surface area contributed by atoms with Crippen molar-refractivity contribution in [2.45, 2.75) is 13.3 Å². The van der Waals surface area contributed by atoms with Crippen LogP contribution in [0.5, 0.6) is 0 Å². The third kappa shape index (κ3) is 1.79. The van der Waals surface area contributed by atoms with Gasteiger partial charge in [-0.15, -0.1) is 0 Å². The summed E-state index contributed by atoms with van der Waals surface area (Å²) in [4.78, 5) is 25.7. The van der Waals surface area contributed by atoms with Crippen molar-refractivity contribution in [1.29, 1.82) is 0 Å². The van der Waals surface area contributed by atoms with Crippen LogP contribution in [-0.2, 0) is 4.79 Å². The molecule has 0 saturated carbocycles. The Bertz CT molecular complexity index is 528. The molecule has 0 atom stereocenters. The van der Waals surface area contributed by atoms with Crippen molar-refractivity contribution in [3.8, 4) is 0 Å². The Morgan fingerprint density at radius 3 is 3.07 bits per heavy atom. The van der Waals surface area contributed by atoms with Crippen molar-refractivity contribution in [2.24, 2.45) is 0 Å². The molecule has 0 bridgehead atoms. The maximum atomic E-state index is 11.4. The lowest BCUT2D eigenvalue weighted by Crippen LogP contribution is -1.98. The van der Waals surface area contributed by atoms with Gasteiger partial charge in [-0.1, -0.05) is 0 Å². The molecular weight excluding hydrogens is 194 g/mol. The van der Waals surface area contributed by atoms with E-state index < -0.39 is 0 Å². The lowest BCUT2D eigenvalue weighted by atomic mass is 10.1. The van der Waals surface area contributed by atoms with Gasteiger partial charge in [0.05, 0.1) is 6.42 Å². The van der Waals surface area contributed by atoms with Gasteiger partial charge >= 0.3 is 0 Å². The number of carbonyl (C=O) groups is 2. The van der Waals surface area contributed by atoms with Gasteiger partial charge in [-0.25, -0.2) is 4.98 Å². The molecule has 76 valence electrons. The maximum absolute atomic E-state index is 11.4. The quantitative estimate of drug-likeness (QED) is 0.434. The van der Waals surface area contributed by atoms with E-state index in [1.165, 1.54) is 0 Å². The summed E-state index contributed by atoms with van der Waals surface area (Å²) in [5.74, 6) is 0.353. The zero-order valence-electron chi connectivity index (χ0n) is 8.19. The van der Waals surface area contributed by atoms with Gasteiger partial charge in [0, 0.05) is 12.5 Å². The molecule has 0 fully saturated rings. The number of hydrogen-bond acceptors (Lipinski definition) is 4. The number of fused-ring (bicyclic) bond motifs is 1. The molecule has 0 unspecified atom stereocenters. The van der Waals surface area contributed by atoms with Crippen molar-refractivity contribution in [3.63, 3.8) is 0 Å². The molecule has 2 rings (SSSR count). The number of rotatable bonds is 3. The highest BCUT2D eigenvalue weighted by Crippen LogP contribution is 2.17. The Labute approximate surface area is 85.9 Å². The van der Waals surface area contributed by atoms with Crippen LogP contribution in [0.4, 0.5) is 0 Å². The molecule has 1 heterocycles. The minimum absolute atomic E-state index is 0.0986. The van der Waals surface area contributed by atoms with Crippen molar-refractivity contribution in [3.05, 3.63) is 29.7 Å². The molecule has 0 aliphatic carbocycles. The fourth-order valence-corrected chi connectivity index (χ4v) is 1.41. The molecule has 0 radical (unpaired) electrons. The molecule has 15 heavy (non-hydrogen) atoms. The van der Waals surface area contributed by atoms with Gasteiger partial charge in [-0.05, 0) is 18.2 Å². The first-order valence-electron chi connectivity index (χ1n) is 4.55. The summed E-state index contributed by atoms with van der Waals surface area (Å²) in [6.45, 7) is 1.74. The average Bonchev–Trinajstić information content (AvgIpc) is 2.57. The van der Waals surface area contributed by atoms with Crippen LogP contribution in [0.2, 0.25) is 0 Å². The lowest BCUT2D eigenvalue weighted by Gasteiger charge is -1.95. The number of nitrogens with zero attached hydrogens (tertiary/aromatic N) is 1. The first-order chi connectivity index (χ1) is 7.20. The molecule has 4 nitrogen and oxygen atoms in total. The van der Waals surface area contributed by atoms with E-state index in [0.717, 1.165) is 5.52 Å².